The first-order valence-corrected chi connectivity index (χ1v) is 5.98. The van der Waals surface area contributed by atoms with Crippen molar-refractivity contribution in [1.29, 1.82) is 0 Å². The van der Waals surface area contributed by atoms with Crippen molar-refractivity contribution in [2.24, 2.45) is 5.92 Å². The largest absolute Gasteiger partial charge is 0.481 e. The van der Waals surface area contributed by atoms with Crippen molar-refractivity contribution in [2.75, 3.05) is 13.1 Å². The Kier molecular flexibility index (Phi) is 5.78. The molecule has 0 bridgehead atoms. The number of hydrogen-bond donors (Lipinski definition) is 3. The van der Waals surface area contributed by atoms with E-state index in [2.05, 4.69) is 10.6 Å². The molecule has 1 aromatic carbocycles. The number of benzene rings is 1. The first kappa shape index (κ1) is 14.9. The lowest BCUT2D eigenvalue weighted by molar-refractivity contribution is -0.140. The third kappa shape index (κ3) is 5.37. The van der Waals surface area contributed by atoms with Crippen molar-refractivity contribution in [1.82, 2.24) is 10.6 Å². The van der Waals surface area contributed by atoms with Gasteiger partial charge in [-0.2, -0.15) is 0 Å². The van der Waals surface area contributed by atoms with Gasteiger partial charge in [0.1, 0.15) is 5.82 Å². The second-order valence-corrected chi connectivity index (χ2v) is 4.22. The maximum absolute atomic E-state index is 13.3. The Morgan fingerprint density at radius 1 is 1.32 bits per heavy atom. The summed E-state index contributed by atoms with van der Waals surface area (Å²) in [4.78, 5) is 21.9. The number of aliphatic carboxylic acids is 1. The number of rotatable bonds is 6. The first-order valence-electron chi connectivity index (χ1n) is 5.98. The average molecular weight is 268 g/mol. The smallest absolute Gasteiger partial charge is 0.314 e. The van der Waals surface area contributed by atoms with Gasteiger partial charge in [-0.05, 0) is 18.1 Å². The molecule has 0 heterocycles. The summed E-state index contributed by atoms with van der Waals surface area (Å²) in [5.74, 6) is -1.91. The number of urea groups is 1. The highest BCUT2D eigenvalue weighted by Crippen LogP contribution is 2.05. The van der Waals surface area contributed by atoms with E-state index in [1.807, 2.05) is 0 Å². The quantitative estimate of drug-likeness (QED) is 0.729. The highest BCUT2D eigenvalue weighted by molar-refractivity contribution is 5.75. The van der Waals surface area contributed by atoms with Crippen LogP contribution in [0.2, 0.25) is 0 Å². The molecule has 1 rings (SSSR count). The standard InChI is InChI=1S/C13H17FN2O3/c1-9(12(17)18)8-16-13(19)15-7-6-10-4-2-3-5-11(10)14/h2-5,9H,6-8H2,1H3,(H,17,18)(H2,15,16,19). The predicted molar refractivity (Wildman–Crippen MR) is 68.3 cm³/mol. The second kappa shape index (κ2) is 7.35. The molecule has 0 aliphatic carbocycles. The van der Waals surface area contributed by atoms with Crippen LogP contribution in [0.25, 0.3) is 0 Å². The highest BCUT2D eigenvalue weighted by Gasteiger charge is 2.11. The fourth-order valence-corrected chi connectivity index (χ4v) is 1.41. The van der Waals surface area contributed by atoms with E-state index in [0.29, 0.717) is 12.0 Å². The fourth-order valence-electron chi connectivity index (χ4n) is 1.41. The van der Waals surface area contributed by atoms with E-state index in [0.717, 1.165) is 0 Å². The van der Waals surface area contributed by atoms with Gasteiger partial charge < -0.3 is 15.7 Å². The van der Waals surface area contributed by atoms with Gasteiger partial charge in [0.25, 0.3) is 0 Å². The summed E-state index contributed by atoms with van der Waals surface area (Å²) in [6.45, 7) is 1.84. The molecule has 19 heavy (non-hydrogen) atoms. The number of carbonyl (C=O) groups is 2. The zero-order chi connectivity index (χ0) is 14.3. The Bertz CT molecular complexity index is 451. The first-order chi connectivity index (χ1) is 9.00. The van der Waals surface area contributed by atoms with Crippen LogP contribution in [0.1, 0.15) is 12.5 Å². The van der Waals surface area contributed by atoms with Gasteiger partial charge in [-0.25, -0.2) is 9.18 Å². The molecule has 104 valence electrons. The number of carboxylic acids is 1. The molecule has 1 atom stereocenters. The Hall–Kier alpha value is -2.11. The van der Waals surface area contributed by atoms with E-state index in [9.17, 15) is 14.0 Å². The molecule has 5 nitrogen and oxygen atoms in total. The SMILES string of the molecule is CC(CNC(=O)NCCc1ccccc1F)C(=O)O. The molecule has 0 saturated heterocycles. The average Bonchev–Trinajstić information content (AvgIpc) is 2.38. The number of hydrogen-bond acceptors (Lipinski definition) is 2. The van der Waals surface area contributed by atoms with Gasteiger partial charge in [-0.15, -0.1) is 0 Å². The van der Waals surface area contributed by atoms with Crippen LogP contribution in [-0.2, 0) is 11.2 Å². The molecule has 0 aromatic heterocycles. The third-order valence-corrected chi connectivity index (χ3v) is 2.63. The molecular formula is C13H17FN2O3. The summed E-state index contributed by atoms with van der Waals surface area (Å²) >= 11 is 0. The molecule has 6 heteroatoms. The fraction of sp³-hybridized carbons (Fsp3) is 0.385. The molecule has 2 amide bonds. The second-order valence-electron chi connectivity index (χ2n) is 4.22. The van der Waals surface area contributed by atoms with Crippen LogP contribution in [-0.4, -0.2) is 30.2 Å². The number of halogens is 1. The van der Waals surface area contributed by atoms with Crippen molar-refractivity contribution >= 4 is 12.0 Å². The summed E-state index contributed by atoms with van der Waals surface area (Å²) in [6, 6.07) is 5.90. The van der Waals surface area contributed by atoms with Crippen LogP contribution in [0.5, 0.6) is 0 Å². The van der Waals surface area contributed by atoms with Gasteiger partial charge >= 0.3 is 12.0 Å². The van der Waals surface area contributed by atoms with Gasteiger partial charge in [-0.3, -0.25) is 4.79 Å². The minimum absolute atomic E-state index is 0.0564. The Balaban J connectivity index is 2.24. The van der Waals surface area contributed by atoms with Crippen molar-refractivity contribution in [3.63, 3.8) is 0 Å². The Morgan fingerprint density at radius 3 is 2.63 bits per heavy atom. The Labute approximate surface area is 110 Å². The summed E-state index contributed by atoms with van der Waals surface area (Å²) < 4.78 is 13.3. The maximum atomic E-state index is 13.3. The van der Waals surface area contributed by atoms with Crippen LogP contribution in [0, 0.1) is 11.7 Å². The predicted octanol–water partition coefficient (Wildman–Crippen LogP) is 1.39. The van der Waals surface area contributed by atoms with Crippen LogP contribution in [0.15, 0.2) is 24.3 Å². The molecule has 1 aromatic rings. The van der Waals surface area contributed by atoms with Crippen molar-refractivity contribution in [3.8, 4) is 0 Å². The third-order valence-electron chi connectivity index (χ3n) is 2.63. The lowest BCUT2D eigenvalue weighted by Gasteiger charge is -2.10. The minimum Gasteiger partial charge on any atom is -0.481 e. The lowest BCUT2D eigenvalue weighted by Crippen LogP contribution is -2.40. The van der Waals surface area contributed by atoms with Crippen LogP contribution in [0.3, 0.4) is 0 Å². The topological polar surface area (TPSA) is 78.4 Å². The zero-order valence-corrected chi connectivity index (χ0v) is 10.6. The van der Waals surface area contributed by atoms with Crippen molar-refractivity contribution < 1.29 is 19.1 Å². The molecule has 0 fully saturated rings. The van der Waals surface area contributed by atoms with Crippen LogP contribution in [0.4, 0.5) is 9.18 Å². The zero-order valence-electron chi connectivity index (χ0n) is 10.6. The summed E-state index contributed by atoms with van der Waals surface area (Å²) in [6.07, 6.45) is 0.384. The van der Waals surface area contributed by atoms with Crippen LogP contribution < -0.4 is 10.6 Å². The summed E-state index contributed by atoms with van der Waals surface area (Å²) in [7, 11) is 0. The summed E-state index contributed by atoms with van der Waals surface area (Å²) in [5, 5.41) is 13.6. The Morgan fingerprint density at radius 2 is 2.00 bits per heavy atom. The van der Waals surface area contributed by atoms with Gasteiger partial charge in [0.15, 0.2) is 0 Å². The van der Waals surface area contributed by atoms with E-state index in [1.54, 1.807) is 18.2 Å². The highest BCUT2D eigenvalue weighted by atomic mass is 19.1. The molecule has 0 radical (unpaired) electrons. The summed E-state index contributed by atoms with van der Waals surface area (Å²) in [5.41, 5.74) is 0.529. The molecular weight excluding hydrogens is 251 g/mol. The monoisotopic (exact) mass is 268 g/mol. The van der Waals surface area contributed by atoms with E-state index in [1.165, 1.54) is 13.0 Å². The molecule has 0 aliphatic heterocycles. The molecule has 3 N–H and O–H groups in total. The van der Waals surface area contributed by atoms with E-state index in [-0.39, 0.29) is 18.9 Å². The minimum atomic E-state index is -0.966. The molecule has 1 unspecified atom stereocenters. The van der Waals surface area contributed by atoms with Gasteiger partial charge in [0.05, 0.1) is 5.92 Å². The number of carbonyl (C=O) groups excluding carboxylic acids is 1. The number of carboxylic acid groups (broad SMARTS) is 1. The number of nitrogens with one attached hydrogen (secondary N) is 2. The van der Waals surface area contributed by atoms with E-state index in [4.69, 9.17) is 5.11 Å². The van der Waals surface area contributed by atoms with E-state index >= 15 is 0 Å². The lowest BCUT2D eigenvalue weighted by atomic mass is 10.1. The normalized spacial score (nSPS) is 11.7. The van der Waals surface area contributed by atoms with Gasteiger partial charge in [0, 0.05) is 13.1 Å². The molecule has 0 spiro atoms. The van der Waals surface area contributed by atoms with Crippen LogP contribution >= 0.6 is 0 Å². The number of amides is 2. The molecule has 0 aliphatic rings. The molecule has 0 saturated carbocycles. The van der Waals surface area contributed by atoms with E-state index < -0.39 is 17.9 Å². The van der Waals surface area contributed by atoms with Crippen molar-refractivity contribution in [3.05, 3.63) is 35.6 Å². The maximum Gasteiger partial charge on any atom is 0.314 e. The van der Waals surface area contributed by atoms with Crippen molar-refractivity contribution in [2.45, 2.75) is 13.3 Å². The van der Waals surface area contributed by atoms with Gasteiger partial charge in [0.2, 0.25) is 0 Å². The van der Waals surface area contributed by atoms with Gasteiger partial charge in [-0.1, -0.05) is 25.1 Å².